The molecule has 1 atom stereocenters. The van der Waals surface area contributed by atoms with Crippen molar-refractivity contribution < 1.29 is 28.5 Å². The second kappa shape index (κ2) is 8.38. The van der Waals surface area contributed by atoms with Gasteiger partial charge in [-0.25, -0.2) is 8.78 Å². The van der Waals surface area contributed by atoms with Crippen molar-refractivity contribution in [2.24, 2.45) is 5.73 Å². The predicted molar refractivity (Wildman–Crippen MR) is 71.3 cm³/mol. The van der Waals surface area contributed by atoms with Gasteiger partial charge < -0.3 is 26.0 Å². The van der Waals surface area contributed by atoms with Crippen molar-refractivity contribution in [3.8, 4) is 11.5 Å². The van der Waals surface area contributed by atoms with Crippen molar-refractivity contribution in [2.75, 3.05) is 19.8 Å². The molecule has 1 amide bonds. The van der Waals surface area contributed by atoms with Crippen LogP contribution in [0.2, 0.25) is 0 Å². The monoisotopic (exact) mass is 304 g/mol. The molecule has 0 bridgehead atoms. The zero-order valence-electron chi connectivity index (χ0n) is 11.3. The Morgan fingerprint density at radius 3 is 2.67 bits per heavy atom. The molecular weight excluding hydrogens is 286 g/mol. The fourth-order valence-corrected chi connectivity index (χ4v) is 1.59. The van der Waals surface area contributed by atoms with E-state index >= 15 is 0 Å². The maximum atomic E-state index is 11.8. The van der Waals surface area contributed by atoms with Gasteiger partial charge in [0.2, 0.25) is 5.91 Å². The zero-order chi connectivity index (χ0) is 15.8. The van der Waals surface area contributed by atoms with Crippen LogP contribution < -0.4 is 11.1 Å². The molecule has 0 unspecified atom stereocenters. The number of phenols is 2. The number of amides is 1. The third kappa shape index (κ3) is 6.37. The van der Waals surface area contributed by atoms with Crippen LogP contribution in [0.15, 0.2) is 18.2 Å². The van der Waals surface area contributed by atoms with Crippen molar-refractivity contribution in [2.45, 2.75) is 18.9 Å². The Morgan fingerprint density at radius 1 is 1.33 bits per heavy atom. The molecule has 1 aromatic carbocycles. The molecule has 0 aliphatic carbocycles. The SMILES string of the molecule is N[C@@H](Cc1ccc(O)c(O)c1)C(=O)NCCOCC(F)F. The summed E-state index contributed by atoms with van der Waals surface area (Å²) in [4.78, 5) is 11.6. The summed E-state index contributed by atoms with van der Waals surface area (Å²) in [7, 11) is 0. The van der Waals surface area contributed by atoms with E-state index in [1.54, 1.807) is 0 Å². The number of rotatable bonds is 8. The Morgan fingerprint density at radius 2 is 2.05 bits per heavy atom. The second-order valence-corrected chi connectivity index (χ2v) is 4.39. The van der Waals surface area contributed by atoms with Gasteiger partial charge >= 0.3 is 0 Å². The highest BCUT2D eigenvalue weighted by molar-refractivity contribution is 5.81. The first kappa shape index (κ1) is 17.1. The van der Waals surface area contributed by atoms with E-state index < -0.39 is 25.0 Å². The van der Waals surface area contributed by atoms with Crippen LogP contribution in [-0.4, -0.2) is 48.3 Å². The Bertz CT molecular complexity index is 471. The van der Waals surface area contributed by atoms with Gasteiger partial charge in [-0.3, -0.25) is 4.79 Å². The van der Waals surface area contributed by atoms with Crippen LogP contribution in [0.1, 0.15) is 5.56 Å². The number of aromatic hydroxyl groups is 2. The summed E-state index contributed by atoms with van der Waals surface area (Å²) < 4.78 is 28.2. The molecule has 0 saturated carbocycles. The molecule has 21 heavy (non-hydrogen) atoms. The molecule has 0 radical (unpaired) electrons. The quantitative estimate of drug-likeness (QED) is 0.410. The average Bonchev–Trinajstić information content (AvgIpc) is 2.42. The van der Waals surface area contributed by atoms with Crippen molar-refractivity contribution in [1.82, 2.24) is 5.32 Å². The van der Waals surface area contributed by atoms with E-state index in [2.05, 4.69) is 10.1 Å². The number of nitrogens with two attached hydrogens (primary N) is 1. The lowest BCUT2D eigenvalue weighted by Crippen LogP contribution is -2.43. The number of carbonyl (C=O) groups is 1. The van der Waals surface area contributed by atoms with Crippen LogP contribution in [0.4, 0.5) is 8.78 Å². The van der Waals surface area contributed by atoms with E-state index in [9.17, 15) is 18.7 Å². The van der Waals surface area contributed by atoms with Gasteiger partial charge in [0.15, 0.2) is 11.5 Å². The van der Waals surface area contributed by atoms with Crippen LogP contribution in [-0.2, 0) is 16.0 Å². The second-order valence-electron chi connectivity index (χ2n) is 4.39. The normalized spacial score (nSPS) is 12.4. The first-order chi connectivity index (χ1) is 9.90. The summed E-state index contributed by atoms with van der Waals surface area (Å²) in [6, 6.07) is 3.29. The van der Waals surface area contributed by atoms with Crippen LogP contribution in [0.3, 0.4) is 0 Å². The Kier molecular flexibility index (Phi) is 6.83. The molecule has 0 aliphatic rings. The standard InChI is InChI=1S/C13H18F2N2O4/c14-12(15)7-21-4-3-17-13(20)9(16)5-8-1-2-10(18)11(19)6-8/h1-2,6,9,12,18-19H,3-5,7,16H2,(H,17,20)/t9-/m0/s1. The molecule has 0 heterocycles. The Hall–Kier alpha value is -1.93. The lowest BCUT2D eigenvalue weighted by atomic mass is 10.1. The highest BCUT2D eigenvalue weighted by Crippen LogP contribution is 2.25. The molecule has 118 valence electrons. The predicted octanol–water partition coefficient (Wildman–Crippen LogP) is 0.365. The molecule has 6 nitrogen and oxygen atoms in total. The van der Waals surface area contributed by atoms with E-state index in [-0.39, 0.29) is 31.1 Å². The molecule has 1 rings (SSSR count). The molecule has 1 aromatic rings. The van der Waals surface area contributed by atoms with Gasteiger partial charge in [0.05, 0.1) is 12.6 Å². The minimum atomic E-state index is -2.54. The summed E-state index contributed by atoms with van der Waals surface area (Å²) in [5.41, 5.74) is 6.27. The highest BCUT2D eigenvalue weighted by Gasteiger charge is 2.14. The zero-order valence-corrected chi connectivity index (χ0v) is 11.3. The molecule has 0 aromatic heterocycles. The summed E-state index contributed by atoms with van der Waals surface area (Å²) >= 11 is 0. The Labute approximate surface area is 120 Å². The Balaban J connectivity index is 2.32. The van der Waals surface area contributed by atoms with Gasteiger partial charge in [-0.1, -0.05) is 6.07 Å². The topological polar surface area (TPSA) is 105 Å². The minimum Gasteiger partial charge on any atom is -0.504 e. The van der Waals surface area contributed by atoms with Crippen molar-refractivity contribution in [3.05, 3.63) is 23.8 Å². The molecule has 0 spiro atoms. The lowest BCUT2D eigenvalue weighted by Gasteiger charge is -2.13. The van der Waals surface area contributed by atoms with Gasteiger partial charge in [0.1, 0.15) is 6.61 Å². The number of hydrogen-bond donors (Lipinski definition) is 4. The smallest absolute Gasteiger partial charge is 0.261 e. The number of benzene rings is 1. The number of alkyl halides is 2. The van der Waals surface area contributed by atoms with Crippen molar-refractivity contribution >= 4 is 5.91 Å². The van der Waals surface area contributed by atoms with E-state index in [1.807, 2.05) is 0 Å². The highest BCUT2D eigenvalue weighted by atomic mass is 19.3. The summed E-state index contributed by atoms with van der Waals surface area (Å²) in [5.74, 6) is -1.00. The first-order valence-corrected chi connectivity index (χ1v) is 6.30. The average molecular weight is 304 g/mol. The summed E-state index contributed by atoms with van der Waals surface area (Å²) in [6.45, 7) is -0.614. The first-order valence-electron chi connectivity index (χ1n) is 6.30. The van der Waals surface area contributed by atoms with Gasteiger partial charge in [-0.05, 0) is 24.1 Å². The fourth-order valence-electron chi connectivity index (χ4n) is 1.59. The van der Waals surface area contributed by atoms with E-state index in [4.69, 9.17) is 10.8 Å². The van der Waals surface area contributed by atoms with Gasteiger partial charge in [-0.2, -0.15) is 0 Å². The van der Waals surface area contributed by atoms with E-state index in [0.717, 1.165) is 0 Å². The summed E-state index contributed by atoms with van der Waals surface area (Å²) in [5, 5.41) is 20.9. The fraction of sp³-hybridized carbons (Fsp3) is 0.462. The third-order valence-corrected chi connectivity index (χ3v) is 2.62. The summed E-state index contributed by atoms with van der Waals surface area (Å²) in [6.07, 6.45) is -2.37. The number of halogens is 2. The van der Waals surface area contributed by atoms with Crippen molar-refractivity contribution in [3.63, 3.8) is 0 Å². The number of nitrogens with one attached hydrogen (secondary N) is 1. The number of carbonyl (C=O) groups excluding carboxylic acids is 1. The number of hydrogen-bond acceptors (Lipinski definition) is 5. The van der Waals surface area contributed by atoms with Gasteiger partial charge in [0, 0.05) is 6.54 Å². The molecular formula is C13H18F2N2O4. The van der Waals surface area contributed by atoms with Crippen LogP contribution in [0.5, 0.6) is 11.5 Å². The van der Waals surface area contributed by atoms with E-state index in [0.29, 0.717) is 5.56 Å². The van der Waals surface area contributed by atoms with Crippen LogP contribution in [0, 0.1) is 0 Å². The van der Waals surface area contributed by atoms with Crippen LogP contribution >= 0.6 is 0 Å². The number of phenolic OH excluding ortho intramolecular Hbond substituents is 2. The van der Waals surface area contributed by atoms with Gasteiger partial charge in [-0.15, -0.1) is 0 Å². The maximum absolute atomic E-state index is 11.8. The minimum absolute atomic E-state index is 0.0250. The number of ether oxygens (including phenoxy) is 1. The van der Waals surface area contributed by atoms with E-state index in [1.165, 1.54) is 18.2 Å². The molecule has 0 fully saturated rings. The van der Waals surface area contributed by atoms with Gasteiger partial charge in [0.25, 0.3) is 6.43 Å². The van der Waals surface area contributed by atoms with Crippen molar-refractivity contribution in [1.29, 1.82) is 0 Å². The largest absolute Gasteiger partial charge is 0.504 e. The van der Waals surface area contributed by atoms with Crippen LogP contribution in [0.25, 0.3) is 0 Å². The lowest BCUT2D eigenvalue weighted by molar-refractivity contribution is -0.122. The molecule has 8 heteroatoms. The molecule has 0 aliphatic heterocycles. The maximum Gasteiger partial charge on any atom is 0.261 e. The molecule has 5 N–H and O–H groups in total. The molecule has 0 saturated heterocycles. The third-order valence-electron chi connectivity index (χ3n) is 2.62.